The minimum atomic E-state index is -0.131. The SMILES string of the molecule is CCNC(=NCC1(c2cc(C)ccc2OC)CCOCC1)NCC(CO)c1ccccc1. The molecule has 0 spiro atoms. The molecule has 1 aliphatic heterocycles. The second-order valence-corrected chi connectivity index (χ2v) is 8.46. The highest BCUT2D eigenvalue weighted by Crippen LogP contribution is 2.40. The first-order valence-corrected chi connectivity index (χ1v) is 11.5. The number of aliphatic hydroxyl groups is 1. The third-order valence-electron chi connectivity index (χ3n) is 6.27. The summed E-state index contributed by atoms with van der Waals surface area (Å²) in [7, 11) is 1.73. The van der Waals surface area contributed by atoms with Gasteiger partial charge in [-0.05, 0) is 38.3 Å². The topological polar surface area (TPSA) is 75.1 Å². The van der Waals surface area contributed by atoms with E-state index in [1.807, 2.05) is 30.3 Å². The second-order valence-electron chi connectivity index (χ2n) is 8.46. The van der Waals surface area contributed by atoms with Crippen molar-refractivity contribution in [2.24, 2.45) is 4.99 Å². The third kappa shape index (κ3) is 6.02. The minimum absolute atomic E-state index is 0.00830. The number of benzene rings is 2. The Morgan fingerprint density at radius 1 is 1.16 bits per heavy atom. The molecule has 0 aromatic heterocycles. The molecule has 2 aromatic carbocycles. The second kappa shape index (κ2) is 11.9. The quantitative estimate of drug-likeness (QED) is 0.413. The number of aryl methyl sites for hydroxylation is 1. The molecule has 3 rings (SSSR count). The lowest BCUT2D eigenvalue weighted by Gasteiger charge is -2.37. The van der Waals surface area contributed by atoms with E-state index in [0.717, 1.165) is 49.9 Å². The maximum atomic E-state index is 9.90. The first kappa shape index (κ1) is 24.1. The Morgan fingerprint density at radius 3 is 2.56 bits per heavy atom. The summed E-state index contributed by atoms with van der Waals surface area (Å²) in [5.74, 6) is 1.68. The molecule has 6 heteroatoms. The normalized spacial score (nSPS) is 16.9. The van der Waals surface area contributed by atoms with E-state index < -0.39 is 0 Å². The molecule has 6 nitrogen and oxygen atoms in total. The lowest BCUT2D eigenvalue weighted by molar-refractivity contribution is 0.0522. The number of aliphatic hydroxyl groups excluding tert-OH is 1. The van der Waals surface area contributed by atoms with E-state index in [1.165, 1.54) is 11.1 Å². The Kier molecular flexibility index (Phi) is 8.94. The summed E-state index contributed by atoms with van der Waals surface area (Å²) in [5.41, 5.74) is 3.41. The van der Waals surface area contributed by atoms with Gasteiger partial charge in [-0.25, -0.2) is 0 Å². The van der Waals surface area contributed by atoms with Crippen LogP contribution in [0.4, 0.5) is 0 Å². The molecular weight excluding hydrogens is 402 g/mol. The average Bonchev–Trinajstić information content (AvgIpc) is 2.84. The summed E-state index contributed by atoms with van der Waals surface area (Å²) < 4.78 is 11.4. The first-order chi connectivity index (χ1) is 15.6. The summed E-state index contributed by atoms with van der Waals surface area (Å²) in [6.45, 7) is 7.71. The zero-order chi connectivity index (χ0) is 22.8. The van der Waals surface area contributed by atoms with Crippen molar-refractivity contribution >= 4 is 5.96 Å². The molecule has 1 fully saturated rings. The van der Waals surface area contributed by atoms with Crippen LogP contribution in [0.2, 0.25) is 0 Å². The maximum Gasteiger partial charge on any atom is 0.191 e. The monoisotopic (exact) mass is 439 g/mol. The fourth-order valence-electron chi connectivity index (χ4n) is 4.32. The molecule has 0 amide bonds. The summed E-state index contributed by atoms with van der Waals surface area (Å²) in [6, 6.07) is 16.5. The Hall–Kier alpha value is -2.57. The van der Waals surface area contributed by atoms with Gasteiger partial charge in [-0.15, -0.1) is 0 Å². The van der Waals surface area contributed by atoms with E-state index in [-0.39, 0.29) is 17.9 Å². The molecule has 0 saturated carbocycles. The van der Waals surface area contributed by atoms with Crippen molar-refractivity contribution in [2.45, 2.75) is 38.0 Å². The largest absolute Gasteiger partial charge is 0.496 e. The molecule has 1 unspecified atom stereocenters. The number of methoxy groups -OCH3 is 1. The highest BCUT2D eigenvalue weighted by molar-refractivity contribution is 5.80. The van der Waals surface area contributed by atoms with Crippen LogP contribution in [0.25, 0.3) is 0 Å². The number of guanidine groups is 1. The minimum Gasteiger partial charge on any atom is -0.496 e. The van der Waals surface area contributed by atoms with Crippen LogP contribution in [0.1, 0.15) is 42.4 Å². The summed E-state index contributed by atoms with van der Waals surface area (Å²) >= 11 is 0. The summed E-state index contributed by atoms with van der Waals surface area (Å²) in [4.78, 5) is 4.99. The number of hydrogen-bond donors (Lipinski definition) is 3. The van der Waals surface area contributed by atoms with E-state index in [4.69, 9.17) is 14.5 Å². The van der Waals surface area contributed by atoms with Gasteiger partial charge in [0.05, 0.1) is 20.3 Å². The standard InChI is InChI=1S/C26H37N3O3/c1-4-27-25(28-17-22(18-30)21-8-6-5-7-9-21)29-19-26(12-14-32-15-13-26)23-16-20(2)10-11-24(23)31-3/h5-11,16,22,30H,4,12-15,17-19H2,1-3H3,(H2,27,28,29). The number of hydrogen-bond acceptors (Lipinski definition) is 4. The smallest absolute Gasteiger partial charge is 0.191 e. The molecule has 3 N–H and O–H groups in total. The van der Waals surface area contributed by atoms with Gasteiger partial charge < -0.3 is 25.2 Å². The van der Waals surface area contributed by atoms with Crippen molar-refractivity contribution in [3.8, 4) is 5.75 Å². The van der Waals surface area contributed by atoms with Gasteiger partial charge in [-0.3, -0.25) is 4.99 Å². The highest BCUT2D eigenvalue weighted by atomic mass is 16.5. The van der Waals surface area contributed by atoms with Gasteiger partial charge in [-0.1, -0.05) is 48.0 Å². The van der Waals surface area contributed by atoms with Gasteiger partial charge >= 0.3 is 0 Å². The molecule has 174 valence electrons. The van der Waals surface area contributed by atoms with Crippen molar-refractivity contribution in [3.05, 3.63) is 65.2 Å². The van der Waals surface area contributed by atoms with Crippen LogP contribution in [-0.2, 0) is 10.2 Å². The van der Waals surface area contributed by atoms with Crippen LogP contribution >= 0.6 is 0 Å². The zero-order valence-electron chi connectivity index (χ0n) is 19.6. The number of nitrogens with one attached hydrogen (secondary N) is 2. The van der Waals surface area contributed by atoms with Crippen LogP contribution in [0.15, 0.2) is 53.5 Å². The van der Waals surface area contributed by atoms with E-state index in [9.17, 15) is 5.11 Å². The van der Waals surface area contributed by atoms with Gasteiger partial charge in [0.2, 0.25) is 0 Å². The molecular formula is C26H37N3O3. The van der Waals surface area contributed by atoms with Crippen molar-refractivity contribution in [2.75, 3.05) is 46.6 Å². The van der Waals surface area contributed by atoms with Crippen LogP contribution < -0.4 is 15.4 Å². The van der Waals surface area contributed by atoms with Crippen LogP contribution in [0, 0.1) is 6.92 Å². The molecule has 1 aliphatic rings. The van der Waals surface area contributed by atoms with E-state index in [2.05, 4.69) is 42.7 Å². The number of ether oxygens (including phenoxy) is 2. The highest BCUT2D eigenvalue weighted by Gasteiger charge is 2.37. The Balaban J connectivity index is 1.81. The molecule has 0 aliphatic carbocycles. The van der Waals surface area contributed by atoms with Gasteiger partial charge in [0.15, 0.2) is 5.96 Å². The lowest BCUT2D eigenvalue weighted by Crippen LogP contribution is -2.42. The summed E-state index contributed by atoms with van der Waals surface area (Å²) in [6.07, 6.45) is 1.80. The van der Waals surface area contributed by atoms with Gasteiger partial charge in [0, 0.05) is 43.2 Å². The van der Waals surface area contributed by atoms with Crippen molar-refractivity contribution in [1.82, 2.24) is 10.6 Å². The van der Waals surface area contributed by atoms with Crippen molar-refractivity contribution < 1.29 is 14.6 Å². The van der Waals surface area contributed by atoms with Gasteiger partial charge in [-0.2, -0.15) is 0 Å². The van der Waals surface area contributed by atoms with Crippen LogP contribution in [0.5, 0.6) is 5.75 Å². The van der Waals surface area contributed by atoms with E-state index in [1.54, 1.807) is 7.11 Å². The summed E-state index contributed by atoms with van der Waals surface area (Å²) in [5, 5.41) is 16.7. The first-order valence-electron chi connectivity index (χ1n) is 11.5. The predicted octanol–water partition coefficient (Wildman–Crippen LogP) is 3.38. The molecule has 1 atom stereocenters. The number of aliphatic imine (C=N–C) groups is 1. The van der Waals surface area contributed by atoms with Crippen LogP contribution in [-0.4, -0.2) is 57.6 Å². The third-order valence-corrected chi connectivity index (χ3v) is 6.27. The fraction of sp³-hybridized carbons (Fsp3) is 0.500. The average molecular weight is 440 g/mol. The molecule has 0 bridgehead atoms. The van der Waals surface area contributed by atoms with E-state index >= 15 is 0 Å². The molecule has 1 heterocycles. The van der Waals surface area contributed by atoms with Crippen molar-refractivity contribution in [3.63, 3.8) is 0 Å². The number of nitrogens with zero attached hydrogens (tertiary/aromatic N) is 1. The Labute approximate surface area is 192 Å². The van der Waals surface area contributed by atoms with Gasteiger partial charge in [0.25, 0.3) is 0 Å². The lowest BCUT2D eigenvalue weighted by atomic mass is 9.73. The Bertz CT molecular complexity index is 864. The van der Waals surface area contributed by atoms with E-state index in [0.29, 0.717) is 13.1 Å². The zero-order valence-corrected chi connectivity index (χ0v) is 19.6. The number of rotatable bonds is 9. The van der Waals surface area contributed by atoms with Gasteiger partial charge in [0.1, 0.15) is 5.75 Å². The molecule has 32 heavy (non-hydrogen) atoms. The molecule has 1 saturated heterocycles. The molecule has 2 aromatic rings. The fourth-order valence-corrected chi connectivity index (χ4v) is 4.32. The predicted molar refractivity (Wildman–Crippen MR) is 130 cm³/mol. The van der Waals surface area contributed by atoms with Crippen molar-refractivity contribution in [1.29, 1.82) is 0 Å². The molecule has 0 radical (unpaired) electrons. The Morgan fingerprint density at radius 2 is 1.91 bits per heavy atom. The maximum absolute atomic E-state index is 9.90. The van der Waals surface area contributed by atoms with Crippen LogP contribution in [0.3, 0.4) is 0 Å².